The van der Waals surface area contributed by atoms with Crippen LogP contribution in [0.15, 0.2) is 12.1 Å². The quantitative estimate of drug-likeness (QED) is 0.688. The van der Waals surface area contributed by atoms with Crippen LogP contribution >= 0.6 is 0 Å². The molecular weight excluding hydrogens is 332 g/mol. The monoisotopic (exact) mass is 362 g/mol. The van der Waals surface area contributed by atoms with Gasteiger partial charge in [0.05, 0.1) is 20.4 Å². The molecule has 0 spiro atoms. The van der Waals surface area contributed by atoms with E-state index in [0.29, 0.717) is 42.6 Å². The van der Waals surface area contributed by atoms with E-state index in [1.165, 1.54) is 11.1 Å². The molecule has 0 aromatic heterocycles. The van der Waals surface area contributed by atoms with Gasteiger partial charge in [0.2, 0.25) is 0 Å². The molecule has 0 unspecified atom stereocenters. The molecule has 144 valence electrons. The number of carbonyl (C=O) groups excluding carboxylic acids is 1. The number of hydrogen-bond donors (Lipinski definition) is 0. The second-order valence-electron chi connectivity index (χ2n) is 7.85. The largest absolute Gasteiger partial charge is 0.493 e. The second-order valence-corrected chi connectivity index (χ2v) is 7.85. The zero-order valence-electron chi connectivity index (χ0n) is 16.1. The molecule has 0 bridgehead atoms. The fraction of sp³-hybridized carbons (Fsp3) is 0.667. The Hall–Kier alpha value is -1.62. The Morgan fingerprint density at radius 3 is 2.81 bits per heavy atom. The van der Waals surface area contributed by atoms with E-state index < -0.39 is 0 Å². The van der Waals surface area contributed by atoms with Gasteiger partial charge in [0.1, 0.15) is 5.78 Å². The normalized spacial score (nSPS) is 22.9. The van der Waals surface area contributed by atoms with Crippen molar-refractivity contribution in [2.24, 2.45) is 11.8 Å². The van der Waals surface area contributed by atoms with Crippen LogP contribution in [0.1, 0.15) is 50.3 Å². The number of ketones is 1. The molecule has 2 aliphatic heterocycles. The summed E-state index contributed by atoms with van der Waals surface area (Å²) in [6.45, 7) is 6.15. The third kappa shape index (κ3) is 4.03. The highest BCUT2D eigenvalue weighted by Crippen LogP contribution is 2.42. The van der Waals surface area contributed by atoms with E-state index in [4.69, 9.17) is 9.47 Å². The van der Waals surface area contributed by atoms with Crippen LogP contribution in [-0.2, 0) is 11.2 Å². The lowest BCUT2D eigenvalue weighted by Gasteiger charge is -2.43. The van der Waals surface area contributed by atoms with Crippen molar-refractivity contribution in [1.29, 1.82) is 0 Å². The lowest BCUT2D eigenvalue weighted by atomic mass is 9.80. The van der Waals surface area contributed by atoms with Crippen molar-refractivity contribution in [2.75, 3.05) is 33.5 Å². The molecule has 2 aliphatic rings. The number of halogens is 1. The fourth-order valence-corrected chi connectivity index (χ4v) is 4.24. The lowest BCUT2D eigenvalue weighted by Crippen LogP contribution is -2.46. The van der Waals surface area contributed by atoms with Gasteiger partial charge < -0.3 is 9.47 Å². The van der Waals surface area contributed by atoms with Crippen LogP contribution in [0.2, 0.25) is 0 Å². The van der Waals surface area contributed by atoms with E-state index in [1.54, 1.807) is 7.11 Å². The molecule has 1 fully saturated rings. The molecule has 5 heteroatoms. The molecule has 2 heterocycles. The Morgan fingerprint density at radius 1 is 1.31 bits per heavy atom. The number of fused-ring (bicyclic) bond motifs is 3. The average Bonchev–Trinajstić information content (AvgIpc) is 2.61. The van der Waals surface area contributed by atoms with Crippen molar-refractivity contribution in [1.82, 2.24) is 4.90 Å². The van der Waals surface area contributed by atoms with Crippen LogP contribution in [0.3, 0.4) is 0 Å². The molecule has 0 radical (unpaired) electrons. The van der Waals surface area contributed by atoms with E-state index in [9.17, 15) is 9.18 Å². The molecule has 0 N–H and O–H groups in total. The molecule has 26 heavy (non-hydrogen) atoms. The van der Waals surface area contributed by atoms with Gasteiger partial charge in [-0.1, -0.05) is 13.8 Å². The molecule has 0 amide bonds. The van der Waals surface area contributed by atoms with E-state index in [2.05, 4.69) is 18.7 Å². The van der Waals surface area contributed by atoms with Crippen LogP contribution in [-0.4, -0.2) is 44.2 Å². The smallest absolute Gasteiger partial charge is 0.161 e. The summed E-state index contributed by atoms with van der Waals surface area (Å²) >= 11 is 0. The highest BCUT2D eigenvalue weighted by Gasteiger charge is 2.38. The maximum absolute atomic E-state index is 12.7. The summed E-state index contributed by atoms with van der Waals surface area (Å²) < 4.78 is 23.5. The Morgan fingerprint density at radius 2 is 2.12 bits per heavy atom. The van der Waals surface area contributed by atoms with Crippen molar-refractivity contribution in [2.45, 2.75) is 45.6 Å². The topological polar surface area (TPSA) is 38.8 Å². The summed E-state index contributed by atoms with van der Waals surface area (Å²) in [7, 11) is 1.62. The summed E-state index contributed by atoms with van der Waals surface area (Å²) in [5.41, 5.74) is 2.40. The number of rotatable bonds is 7. The van der Waals surface area contributed by atoms with E-state index >= 15 is 0 Å². The molecule has 0 aliphatic carbocycles. The number of methoxy groups -OCH3 is 1. The number of Topliss-reactive ketones (excluding diaryl/α,β-unsaturated/α-hetero) is 1. The number of carbonyl (C=O) groups is 1. The van der Waals surface area contributed by atoms with Crippen LogP contribution in [0.5, 0.6) is 11.5 Å². The first-order valence-corrected chi connectivity index (χ1v) is 9.69. The summed E-state index contributed by atoms with van der Waals surface area (Å²) in [4.78, 5) is 15.1. The van der Waals surface area contributed by atoms with Crippen molar-refractivity contribution in [3.8, 4) is 11.5 Å². The Bertz CT molecular complexity index is 646. The number of ether oxygens (including phenoxy) is 2. The molecule has 1 aromatic carbocycles. The van der Waals surface area contributed by atoms with Crippen molar-refractivity contribution < 1.29 is 18.7 Å². The van der Waals surface area contributed by atoms with Gasteiger partial charge in [-0.2, -0.15) is 0 Å². The number of benzene rings is 1. The van der Waals surface area contributed by atoms with Crippen molar-refractivity contribution in [3.05, 3.63) is 23.3 Å². The zero-order valence-corrected chi connectivity index (χ0v) is 16.1. The van der Waals surface area contributed by atoms with Gasteiger partial charge in [0.15, 0.2) is 11.5 Å². The van der Waals surface area contributed by atoms with Gasteiger partial charge in [-0.05, 0) is 42.0 Å². The van der Waals surface area contributed by atoms with Crippen LogP contribution < -0.4 is 9.47 Å². The maximum Gasteiger partial charge on any atom is 0.161 e. The van der Waals surface area contributed by atoms with E-state index in [-0.39, 0.29) is 18.6 Å². The highest BCUT2D eigenvalue weighted by molar-refractivity contribution is 5.83. The first-order valence-electron chi connectivity index (χ1n) is 9.69. The third-order valence-electron chi connectivity index (χ3n) is 5.49. The first kappa shape index (κ1) is 19.2. The van der Waals surface area contributed by atoms with Crippen LogP contribution in [0.4, 0.5) is 4.39 Å². The van der Waals surface area contributed by atoms with Gasteiger partial charge >= 0.3 is 0 Å². The number of nitrogens with zero attached hydrogens (tertiary/aromatic N) is 1. The zero-order chi connectivity index (χ0) is 18.7. The third-order valence-corrected chi connectivity index (χ3v) is 5.49. The van der Waals surface area contributed by atoms with Gasteiger partial charge in [0, 0.05) is 37.9 Å². The molecule has 2 atom stereocenters. The molecule has 1 saturated heterocycles. The summed E-state index contributed by atoms with van der Waals surface area (Å²) in [5, 5.41) is 0. The Labute approximate surface area is 155 Å². The van der Waals surface area contributed by atoms with E-state index in [1.807, 2.05) is 12.1 Å². The number of alkyl halides is 1. The highest BCUT2D eigenvalue weighted by atomic mass is 18.2. The average molecular weight is 362 g/mol. The van der Waals surface area contributed by atoms with Crippen LogP contribution in [0.25, 0.3) is 0 Å². The SMILES string of the molecule is COc1cc2c(cc1OCCC[18F])CCN1C[C@@H](CC(C)C)C(=O)C[C@H]21. The van der Waals surface area contributed by atoms with Crippen molar-refractivity contribution >= 4 is 5.78 Å². The number of piperidine rings is 1. The lowest BCUT2D eigenvalue weighted by molar-refractivity contribution is -0.129. The summed E-state index contributed by atoms with van der Waals surface area (Å²) in [5.74, 6) is 2.43. The standard InChI is InChI=1S/C21H30FNO3/c1-14(2)9-16-13-23-7-5-15-10-21(26-8-4-6-22)20(25-3)11-17(15)18(23)12-19(16)24/h10-11,14,16,18H,4-9,12-13H2,1-3H3/t16-,18-/m1/s1/i22-1. The minimum Gasteiger partial charge on any atom is -0.493 e. The molecule has 1 aromatic rings. The summed E-state index contributed by atoms with van der Waals surface area (Å²) in [6, 6.07) is 4.19. The van der Waals surface area contributed by atoms with Gasteiger partial charge in [0.25, 0.3) is 0 Å². The second kappa shape index (κ2) is 8.38. The first-order chi connectivity index (χ1) is 12.5. The maximum atomic E-state index is 12.7. The number of hydrogen-bond acceptors (Lipinski definition) is 4. The molecule has 0 saturated carbocycles. The minimum atomic E-state index is -0.385. The summed E-state index contributed by atoms with van der Waals surface area (Å²) in [6.07, 6.45) is 2.87. The van der Waals surface area contributed by atoms with Crippen molar-refractivity contribution in [3.63, 3.8) is 0 Å². The van der Waals surface area contributed by atoms with Gasteiger partial charge in [-0.3, -0.25) is 14.1 Å². The predicted octanol–water partition coefficient (Wildman–Crippen LogP) is 3.97. The van der Waals surface area contributed by atoms with Gasteiger partial charge in [-0.15, -0.1) is 0 Å². The van der Waals surface area contributed by atoms with Crippen LogP contribution in [0, 0.1) is 11.8 Å². The Balaban J connectivity index is 1.81. The Kier molecular flexibility index (Phi) is 6.17. The van der Waals surface area contributed by atoms with E-state index in [0.717, 1.165) is 25.9 Å². The fourth-order valence-electron chi connectivity index (χ4n) is 4.24. The molecule has 4 nitrogen and oxygen atoms in total. The van der Waals surface area contributed by atoms with Gasteiger partial charge in [-0.25, -0.2) is 0 Å². The molecule has 3 rings (SSSR count). The predicted molar refractivity (Wildman–Crippen MR) is 99.7 cm³/mol. The minimum absolute atomic E-state index is 0.142. The molecular formula is C21H30FNO3.